The van der Waals surface area contributed by atoms with Gasteiger partial charge in [-0.05, 0) is 45.0 Å². The molecular weight excluding hydrogens is 400 g/mol. The number of aromatic nitrogens is 3. The number of hydrogen-bond donors (Lipinski definition) is 1. The van der Waals surface area contributed by atoms with Crippen molar-refractivity contribution in [3.05, 3.63) is 68.8 Å². The smallest absolute Gasteiger partial charge is 0.363 e. The summed E-state index contributed by atoms with van der Waals surface area (Å²) in [5.41, 5.74) is 0.0640. The van der Waals surface area contributed by atoms with E-state index in [1.807, 2.05) is 0 Å². The number of esters is 1. The first-order chi connectivity index (χ1) is 13.7. The third-order valence-electron chi connectivity index (χ3n) is 3.90. The molecule has 1 aromatic carbocycles. The molecule has 0 aliphatic carbocycles. The van der Waals surface area contributed by atoms with Gasteiger partial charge in [-0.1, -0.05) is 16.8 Å². The number of hydrogen-bond acceptors (Lipinski definition) is 7. The number of aryl methyl sites for hydroxylation is 2. The highest BCUT2D eigenvalue weighted by molar-refractivity contribution is 6.30. The number of nitrogens with zero attached hydrogens (tertiary/aromatic N) is 3. The molecule has 1 atom stereocenters. The van der Waals surface area contributed by atoms with Crippen molar-refractivity contribution < 1.29 is 18.8 Å². The molecule has 29 heavy (non-hydrogen) atoms. The molecule has 2 aromatic heterocycles. The van der Waals surface area contributed by atoms with E-state index in [0.29, 0.717) is 22.2 Å². The number of anilines is 1. The van der Waals surface area contributed by atoms with E-state index >= 15 is 0 Å². The predicted molar refractivity (Wildman–Crippen MR) is 104 cm³/mol. The van der Waals surface area contributed by atoms with E-state index < -0.39 is 29.1 Å². The maximum atomic E-state index is 12.5. The largest absolute Gasteiger partial charge is 0.448 e. The van der Waals surface area contributed by atoms with Crippen LogP contribution in [0.5, 0.6) is 0 Å². The molecule has 0 spiro atoms. The minimum Gasteiger partial charge on any atom is -0.448 e. The lowest BCUT2D eigenvalue weighted by molar-refractivity contribution is -0.123. The molecule has 10 heteroatoms. The van der Waals surface area contributed by atoms with Crippen LogP contribution in [0.15, 0.2) is 45.7 Å². The van der Waals surface area contributed by atoms with Crippen molar-refractivity contribution in [2.75, 3.05) is 5.32 Å². The average Bonchev–Trinajstić information content (AvgIpc) is 3.07. The zero-order chi connectivity index (χ0) is 21.1. The summed E-state index contributed by atoms with van der Waals surface area (Å²) in [6.45, 7) is 4.71. The summed E-state index contributed by atoms with van der Waals surface area (Å²) in [6, 6.07) is 9.48. The van der Waals surface area contributed by atoms with Crippen LogP contribution in [0.4, 0.5) is 5.82 Å². The minimum atomic E-state index is -1.19. The Morgan fingerprint density at radius 1 is 1.21 bits per heavy atom. The van der Waals surface area contributed by atoms with Gasteiger partial charge in [-0.3, -0.25) is 9.59 Å². The molecule has 0 aliphatic heterocycles. The molecule has 0 unspecified atom stereocenters. The lowest BCUT2D eigenvalue weighted by Crippen LogP contribution is -2.33. The summed E-state index contributed by atoms with van der Waals surface area (Å²) < 4.78 is 11.4. The second-order valence-electron chi connectivity index (χ2n) is 6.25. The fourth-order valence-electron chi connectivity index (χ4n) is 2.46. The van der Waals surface area contributed by atoms with Crippen LogP contribution in [0.25, 0.3) is 5.69 Å². The Bertz CT molecular complexity index is 1120. The van der Waals surface area contributed by atoms with Gasteiger partial charge >= 0.3 is 5.97 Å². The third kappa shape index (κ3) is 4.69. The predicted octanol–water partition coefficient (Wildman–Crippen LogP) is 2.67. The van der Waals surface area contributed by atoms with Gasteiger partial charge in [0.05, 0.1) is 5.69 Å². The summed E-state index contributed by atoms with van der Waals surface area (Å²) in [7, 11) is 0. The van der Waals surface area contributed by atoms with Gasteiger partial charge in [0.1, 0.15) is 5.76 Å². The Kier molecular flexibility index (Phi) is 5.79. The molecule has 0 bridgehead atoms. The minimum absolute atomic E-state index is 0.189. The second-order valence-corrected chi connectivity index (χ2v) is 6.68. The van der Waals surface area contributed by atoms with Crippen LogP contribution in [0.2, 0.25) is 5.02 Å². The van der Waals surface area contributed by atoms with Gasteiger partial charge < -0.3 is 14.6 Å². The molecule has 150 valence electrons. The van der Waals surface area contributed by atoms with Crippen molar-refractivity contribution >= 4 is 29.3 Å². The first-order valence-corrected chi connectivity index (χ1v) is 8.94. The molecule has 2 heterocycles. The fourth-order valence-corrected chi connectivity index (χ4v) is 2.58. The standard InChI is InChI=1S/C19H17ClN4O5/c1-10-8-15(25)17(22-24(10)14-6-4-13(20)5-7-14)19(27)28-12(3)18(26)21-16-9-11(2)29-23-16/h4-9,12H,1-3H3,(H,21,23,26)/t12-/m1/s1. The van der Waals surface area contributed by atoms with Crippen molar-refractivity contribution in [3.8, 4) is 5.69 Å². The molecule has 9 nitrogen and oxygen atoms in total. The van der Waals surface area contributed by atoms with E-state index in [1.165, 1.54) is 23.7 Å². The average molecular weight is 417 g/mol. The van der Waals surface area contributed by atoms with Crippen LogP contribution in [0.1, 0.15) is 28.9 Å². The molecule has 1 N–H and O–H groups in total. The maximum absolute atomic E-state index is 12.5. The van der Waals surface area contributed by atoms with Gasteiger partial charge in [-0.25, -0.2) is 9.48 Å². The van der Waals surface area contributed by atoms with Crippen LogP contribution < -0.4 is 10.7 Å². The van der Waals surface area contributed by atoms with Crippen molar-refractivity contribution in [1.29, 1.82) is 0 Å². The summed E-state index contributed by atoms with van der Waals surface area (Å²) in [5.74, 6) is -0.945. The number of carbonyl (C=O) groups is 2. The Balaban J connectivity index is 1.79. The van der Waals surface area contributed by atoms with Crippen molar-refractivity contribution in [2.24, 2.45) is 0 Å². The lowest BCUT2D eigenvalue weighted by atomic mass is 10.3. The summed E-state index contributed by atoms with van der Waals surface area (Å²) in [4.78, 5) is 36.9. The van der Waals surface area contributed by atoms with Crippen LogP contribution in [-0.2, 0) is 9.53 Å². The molecule has 0 radical (unpaired) electrons. The van der Waals surface area contributed by atoms with E-state index in [0.717, 1.165) is 0 Å². The Morgan fingerprint density at radius 3 is 2.52 bits per heavy atom. The zero-order valence-corrected chi connectivity index (χ0v) is 16.6. The van der Waals surface area contributed by atoms with E-state index in [-0.39, 0.29) is 5.82 Å². The highest BCUT2D eigenvalue weighted by Crippen LogP contribution is 2.14. The van der Waals surface area contributed by atoms with Gasteiger partial charge in [0.25, 0.3) is 5.91 Å². The van der Waals surface area contributed by atoms with Crippen LogP contribution >= 0.6 is 11.6 Å². The number of benzene rings is 1. The number of halogens is 1. The number of carbonyl (C=O) groups excluding carboxylic acids is 2. The number of amides is 1. The molecule has 0 fully saturated rings. The first-order valence-electron chi connectivity index (χ1n) is 8.56. The SMILES string of the molecule is Cc1cc(NC(=O)[C@@H](C)OC(=O)c2nn(-c3ccc(Cl)cc3)c(C)cc2=O)no1. The highest BCUT2D eigenvalue weighted by atomic mass is 35.5. The zero-order valence-electron chi connectivity index (χ0n) is 15.8. The summed E-state index contributed by atoms with van der Waals surface area (Å²) in [5, 5.41) is 10.7. The Labute approximate surface area is 170 Å². The van der Waals surface area contributed by atoms with E-state index in [4.69, 9.17) is 20.9 Å². The molecule has 3 aromatic rings. The van der Waals surface area contributed by atoms with Gasteiger partial charge in [-0.2, -0.15) is 5.10 Å². The van der Waals surface area contributed by atoms with Crippen molar-refractivity contribution in [3.63, 3.8) is 0 Å². The summed E-state index contributed by atoms with van der Waals surface area (Å²) in [6.07, 6.45) is -1.19. The molecule has 1 amide bonds. The molecular formula is C19H17ClN4O5. The van der Waals surface area contributed by atoms with Gasteiger partial charge in [-0.15, -0.1) is 0 Å². The normalized spacial score (nSPS) is 11.7. The second kappa shape index (κ2) is 8.27. The first kappa shape index (κ1) is 20.3. The van der Waals surface area contributed by atoms with E-state index in [2.05, 4.69) is 15.6 Å². The van der Waals surface area contributed by atoms with Crippen LogP contribution in [0.3, 0.4) is 0 Å². The monoisotopic (exact) mass is 416 g/mol. The fraction of sp³-hybridized carbons (Fsp3) is 0.211. The Hall–Kier alpha value is -3.46. The quantitative estimate of drug-likeness (QED) is 0.635. The van der Waals surface area contributed by atoms with E-state index in [1.54, 1.807) is 38.1 Å². The van der Waals surface area contributed by atoms with Gasteiger partial charge in [0.2, 0.25) is 11.1 Å². The highest BCUT2D eigenvalue weighted by Gasteiger charge is 2.23. The van der Waals surface area contributed by atoms with Gasteiger partial charge in [0.15, 0.2) is 11.9 Å². The van der Waals surface area contributed by atoms with Gasteiger partial charge in [0, 0.05) is 22.8 Å². The molecule has 0 aliphatic rings. The van der Waals surface area contributed by atoms with Crippen LogP contribution in [-0.4, -0.2) is 32.9 Å². The van der Waals surface area contributed by atoms with Crippen molar-refractivity contribution in [1.82, 2.24) is 14.9 Å². The van der Waals surface area contributed by atoms with Crippen LogP contribution in [0, 0.1) is 13.8 Å². The van der Waals surface area contributed by atoms with Crippen molar-refractivity contribution in [2.45, 2.75) is 26.9 Å². The molecule has 3 rings (SSSR count). The third-order valence-corrected chi connectivity index (χ3v) is 4.16. The maximum Gasteiger partial charge on any atom is 0.363 e. The molecule has 0 saturated carbocycles. The number of rotatable bonds is 5. The number of ether oxygens (including phenoxy) is 1. The Morgan fingerprint density at radius 2 is 1.90 bits per heavy atom. The lowest BCUT2D eigenvalue weighted by Gasteiger charge is -2.14. The molecule has 0 saturated heterocycles. The van der Waals surface area contributed by atoms with E-state index in [9.17, 15) is 14.4 Å². The summed E-state index contributed by atoms with van der Waals surface area (Å²) >= 11 is 5.89. The number of nitrogens with one attached hydrogen (secondary N) is 1. The topological polar surface area (TPSA) is 116 Å².